The summed E-state index contributed by atoms with van der Waals surface area (Å²) in [4.78, 5) is 9.58. The fourth-order valence-electron chi connectivity index (χ4n) is 1.72. The monoisotopic (exact) mass is 237 g/mol. The van der Waals surface area contributed by atoms with Crippen LogP contribution in [-0.2, 0) is 0 Å². The van der Waals surface area contributed by atoms with Gasteiger partial charge in [-0.3, -0.25) is 4.98 Å². The molecular weight excluding hydrogens is 230 g/mol. The molecule has 1 aromatic carbocycles. The highest BCUT2D eigenvalue weighted by molar-refractivity contribution is 7.13. The van der Waals surface area contributed by atoms with Crippen LogP contribution < -0.4 is 0 Å². The van der Waals surface area contributed by atoms with Gasteiger partial charge in [0.1, 0.15) is 6.07 Å². The van der Waals surface area contributed by atoms with Crippen LogP contribution in [0.3, 0.4) is 0 Å². The Morgan fingerprint density at radius 3 is 2.88 bits per heavy atom. The number of hydrogen-bond acceptors (Lipinski definition) is 4. The number of pyridine rings is 1. The van der Waals surface area contributed by atoms with Gasteiger partial charge < -0.3 is 0 Å². The first-order valence-corrected chi connectivity index (χ1v) is 5.95. The fourth-order valence-corrected chi connectivity index (χ4v) is 2.31. The molecular formula is C13H7N3S. The number of hydrogen-bond donors (Lipinski definition) is 0. The zero-order valence-corrected chi connectivity index (χ0v) is 9.61. The van der Waals surface area contributed by atoms with Crippen molar-refractivity contribution in [2.45, 2.75) is 0 Å². The van der Waals surface area contributed by atoms with E-state index in [9.17, 15) is 0 Å². The second-order valence-electron chi connectivity index (χ2n) is 3.55. The number of aromatic nitrogens is 2. The first-order chi connectivity index (χ1) is 8.38. The van der Waals surface area contributed by atoms with Crippen molar-refractivity contribution in [3.8, 4) is 16.6 Å². The van der Waals surface area contributed by atoms with Crippen molar-refractivity contribution in [3.05, 3.63) is 47.6 Å². The van der Waals surface area contributed by atoms with E-state index >= 15 is 0 Å². The molecule has 4 heteroatoms. The molecule has 0 unspecified atom stereocenters. The van der Waals surface area contributed by atoms with Gasteiger partial charge in [-0.25, -0.2) is 4.98 Å². The van der Waals surface area contributed by atoms with Crippen molar-refractivity contribution < 1.29 is 0 Å². The molecule has 0 atom stereocenters. The van der Waals surface area contributed by atoms with Crippen molar-refractivity contribution in [1.29, 1.82) is 5.26 Å². The third-order valence-electron chi connectivity index (χ3n) is 2.53. The summed E-state index contributed by atoms with van der Waals surface area (Å²) in [6.45, 7) is 0. The molecule has 3 nitrogen and oxygen atoms in total. The molecule has 80 valence electrons. The second-order valence-corrected chi connectivity index (χ2v) is 4.44. The molecule has 0 saturated heterocycles. The highest BCUT2D eigenvalue weighted by Crippen LogP contribution is 2.25. The molecule has 3 aromatic rings. The van der Waals surface area contributed by atoms with Crippen molar-refractivity contribution in [1.82, 2.24) is 9.97 Å². The van der Waals surface area contributed by atoms with Gasteiger partial charge in [-0.05, 0) is 12.1 Å². The number of para-hydroxylation sites is 1. The molecule has 0 aliphatic carbocycles. The minimum absolute atomic E-state index is 0.605. The molecule has 0 amide bonds. The maximum absolute atomic E-state index is 9.06. The highest BCUT2D eigenvalue weighted by atomic mass is 32.1. The van der Waals surface area contributed by atoms with Crippen LogP contribution in [0.15, 0.2) is 42.0 Å². The summed E-state index contributed by atoms with van der Waals surface area (Å²) in [6.07, 6.45) is 1.79. The van der Waals surface area contributed by atoms with E-state index in [1.165, 1.54) is 0 Å². The Morgan fingerprint density at radius 2 is 2.12 bits per heavy atom. The fraction of sp³-hybridized carbons (Fsp3) is 0. The van der Waals surface area contributed by atoms with E-state index < -0.39 is 0 Å². The van der Waals surface area contributed by atoms with Crippen LogP contribution in [0.2, 0.25) is 0 Å². The summed E-state index contributed by atoms with van der Waals surface area (Å²) < 4.78 is 0. The van der Waals surface area contributed by atoms with Gasteiger partial charge in [0.15, 0.2) is 0 Å². The zero-order chi connectivity index (χ0) is 11.7. The van der Waals surface area contributed by atoms with Crippen molar-refractivity contribution >= 4 is 22.2 Å². The van der Waals surface area contributed by atoms with E-state index in [2.05, 4.69) is 16.0 Å². The average molecular weight is 237 g/mol. The predicted octanol–water partition coefficient (Wildman–Crippen LogP) is 3.23. The highest BCUT2D eigenvalue weighted by Gasteiger charge is 2.05. The topological polar surface area (TPSA) is 49.6 Å². The SMILES string of the molecule is N#Cc1cccc2ccc(-c3cncs3)nc12. The molecule has 2 heterocycles. The van der Waals surface area contributed by atoms with Gasteiger partial charge in [-0.2, -0.15) is 5.26 Å². The Balaban J connectivity index is 2.29. The molecule has 2 aromatic heterocycles. The van der Waals surface area contributed by atoms with Gasteiger partial charge in [0.25, 0.3) is 0 Å². The lowest BCUT2D eigenvalue weighted by Crippen LogP contribution is -1.86. The second kappa shape index (κ2) is 3.96. The van der Waals surface area contributed by atoms with Crippen molar-refractivity contribution in [2.75, 3.05) is 0 Å². The Bertz CT molecular complexity index is 711. The number of nitrogens with zero attached hydrogens (tertiary/aromatic N) is 3. The lowest BCUT2D eigenvalue weighted by Gasteiger charge is -2.01. The molecule has 0 aliphatic heterocycles. The number of thiazole rings is 1. The van der Waals surface area contributed by atoms with Crippen LogP contribution >= 0.6 is 11.3 Å². The number of rotatable bonds is 1. The predicted molar refractivity (Wildman–Crippen MR) is 67.6 cm³/mol. The van der Waals surface area contributed by atoms with Crippen LogP contribution in [0.25, 0.3) is 21.5 Å². The Labute approximate surface area is 102 Å². The average Bonchev–Trinajstić information content (AvgIpc) is 2.91. The molecule has 0 spiro atoms. The smallest absolute Gasteiger partial charge is 0.101 e. The van der Waals surface area contributed by atoms with Crippen molar-refractivity contribution in [2.24, 2.45) is 0 Å². The third kappa shape index (κ3) is 1.67. The Morgan fingerprint density at radius 1 is 1.18 bits per heavy atom. The van der Waals surface area contributed by atoms with Crippen LogP contribution in [-0.4, -0.2) is 9.97 Å². The van der Waals surface area contributed by atoms with E-state index in [1.54, 1.807) is 29.1 Å². The van der Waals surface area contributed by atoms with E-state index in [0.717, 1.165) is 21.5 Å². The maximum Gasteiger partial charge on any atom is 0.101 e. The van der Waals surface area contributed by atoms with Gasteiger partial charge in [0, 0.05) is 11.6 Å². The number of benzene rings is 1. The summed E-state index contributed by atoms with van der Waals surface area (Å²) in [5.41, 5.74) is 4.00. The molecule has 0 radical (unpaired) electrons. The van der Waals surface area contributed by atoms with Gasteiger partial charge in [0.2, 0.25) is 0 Å². The van der Waals surface area contributed by atoms with Gasteiger partial charge >= 0.3 is 0 Å². The molecule has 0 N–H and O–H groups in total. The minimum Gasteiger partial charge on any atom is -0.252 e. The summed E-state index contributed by atoms with van der Waals surface area (Å²) in [5.74, 6) is 0. The van der Waals surface area contributed by atoms with E-state index in [4.69, 9.17) is 5.26 Å². The zero-order valence-electron chi connectivity index (χ0n) is 8.79. The first kappa shape index (κ1) is 9.94. The summed E-state index contributed by atoms with van der Waals surface area (Å²) in [6, 6.07) is 11.7. The molecule has 17 heavy (non-hydrogen) atoms. The van der Waals surface area contributed by atoms with E-state index in [0.29, 0.717) is 5.56 Å². The molecule has 0 aliphatic rings. The lowest BCUT2D eigenvalue weighted by atomic mass is 10.1. The lowest BCUT2D eigenvalue weighted by molar-refractivity contribution is 1.37. The van der Waals surface area contributed by atoms with Crippen LogP contribution in [0.1, 0.15) is 5.56 Å². The quantitative estimate of drug-likeness (QED) is 0.652. The normalized spacial score (nSPS) is 10.3. The standard InChI is InChI=1S/C13H7N3S/c14-6-10-3-1-2-9-4-5-11(16-13(9)10)12-7-15-8-17-12/h1-5,7-8H. The third-order valence-corrected chi connectivity index (χ3v) is 3.32. The van der Waals surface area contributed by atoms with Crippen molar-refractivity contribution in [3.63, 3.8) is 0 Å². The van der Waals surface area contributed by atoms with Crippen LogP contribution in [0.5, 0.6) is 0 Å². The molecule has 0 fully saturated rings. The summed E-state index contributed by atoms with van der Waals surface area (Å²) >= 11 is 1.54. The number of nitriles is 1. The molecule has 3 rings (SSSR count). The van der Waals surface area contributed by atoms with Gasteiger partial charge in [-0.1, -0.05) is 18.2 Å². The largest absolute Gasteiger partial charge is 0.252 e. The van der Waals surface area contributed by atoms with E-state index in [-0.39, 0.29) is 0 Å². The Hall–Kier alpha value is -2.25. The summed E-state index contributed by atoms with van der Waals surface area (Å²) in [5, 5.41) is 10.0. The first-order valence-electron chi connectivity index (χ1n) is 5.07. The minimum atomic E-state index is 0.605. The van der Waals surface area contributed by atoms with Crippen LogP contribution in [0, 0.1) is 11.3 Å². The van der Waals surface area contributed by atoms with Crippen LogP contribution in [0.4, 0.5) is 0 Å². The number of fused-ring (bicyclic) bond motifs is 1. The maximum atomic E-state index is 9.06. The molecule has 0 bridgehead atoms. The summed E-state index contributed by atoms with van der Waals surface area (Å²) in [7, 11) is 0. The van der Waals surface area contributed by atoms with E-state index in [1.807, 2.05) is 24.3 Å². The van der Waals surface area contributed by atoms with Gasteiger partial charge in [0.05, 0.1) is 27.2 Å². The molecule has 0 saturated carbocycles. The Kier molecular flexibility index (Phi) is 2.32. The van der Waals surface area contributed by atoms with Gasteiger partial charge in [-0.15, -0.1) is 11.3 Å².